The number of fused-ring (bicyclic) bond motifs is 1. The van der Waals surface area contributed by atoms with Crippen molar-refractivity contribution in [1.29, 1.82) is 0 Å². The molecule has 1 amide bonds. The van der Waals surface area contributed by atoms with Gasteiger partial charge in [-0.25, -0.2) is 9.78 Å². The van der Waals surface area contributed by atoms with E-state index in [1.165, 1.54) is 10.8 Å². The highest BCUT2D eigenvalue weighted by atomic mass is 35.5. The molecular weight excluding hydrogens is 394 g/mol. The average Bonchev–Trinajstić information content (AvgIpc) is 2.67. The van der Waals surface area contributed by atoms with Crippen LogP contribution < -0.4 is 10.7 Å². The molecule has 0 radical (unpaired) electrons. The molecule has 0 fully saturated rings. The van der Waals surface area contributed by atoms with Crippen LogP contribution in [0.5, 0.6) is 0 Å². The number of benzene rings is 1. The minimum atomic E-state index is -0.736. The minimum Gasteiger partial charge on any atom is -0.462 e. The van der Waals surface area contributed by atoms with Crippen LogP contribution in [0, 0.1) is 13.8 Å². The molecule has 1 N–H and O–H groups in total. The van der Waals surface area contributed by atoms with Crippen LogP contribution in [0.4, 0.5) is 5.69 Å². The number of rotatable bonds is 5. The van der Waals surface area contributed by atoms with Crippen molar-refractivity contribution in [3.05, 3.63) is 68.6 Å². The van der Waals surface area contributed by atoms with Crippen molar-refractivity contribution in [3.63, 3.8) is 0 Å². The Balaban J connectivity index is 2.03. The number of amides is 1. The summed E-state index contributed by atoms with van der Waals surface area (Å²) in [5, 5.41) is 3.55. The highest BCUT2D eigenvalue weighted by molar-refractivity contribution is 6.31. The molecule has 0 bridgehead atoms. The van der Waals surface area contributed by atoms with E-state index in [0.717, 1.165) is 5.56 Å². The van der Waals surface area contributed by atoms with Gasteiger partial charge in [-0.1, -0.05) is 17.7 Å². The summed E-state index contributed by atoms with van der Waals surface area (Å²) < 4.78 is 6.46. The topological polar surface area (TPSA) is 90.3 Å². The highest BCUT2D eigenvalue weighted by Crippen LogP contribution is 2.20. The van der Waals surface area contributed by atoms with Gasteiger partial charge in [-0.2, -0.15) is 0 Å². The number of nitrogens with one attached hydrogen (secondary N) is 1. The van der Waals surface area contributed by atoms with Crippen molar-refractivity contribution in [2.24, 2.45) is 0 Å². The van der Waals surface area contributed by atoms with Crippen molar-refractivity contribution in [2.75, 3.05) is 11.9 Å². The fourth-order valence-electron chi connectivity index (χ4n) is 2.91. The van der Waals surface area contributed by atoms with Gasteiger partial charge in [0.05, 0.1) is 12.0 Å². The van der Waals surface area contributed by atoms with E-state index < -0.39 is 11.4 Å². The molecule has 7 nitrogen and oxygen atoms in total. The van der Waals surface area contributed by atoms with Gasteiger partial charge < -0.3 is 14.6 Å². The fraction of sp³-hybridized carbons (Fsp3) is 0.238. The van der Waals surface area contributed by atoms with E-state index in [4.69, 9.17) is 16.3 Å². The maximum Gasteiger partial charge on any atom is 0.343 e. The Labute approximate surface area is 172 Å². The van der Waals surface area contributed by atoms with E-state index in [1.807, 2.05) is 6.92 Å². The van der Waals surface area contributed by atoms with Crippen molar-refractivity contribution in [1.82, 2.24) is 9.55 Å². The summed E-state index contributed by atoms with van der Waals surface area (Å²) in [5.74, 6) is -1.08. The van der Waals surface area contributed by atoms with E-state index in [-0.39, 0.29) is 30.0 Å². The number of carbonyl (C=O) groups excluding carboxylic acids is 2. The largest absolute Gasteiger partial charge is 0.462 e. The van der Waals surface area contributed by atoms with Gasteiger partial charge in [0.1, 0.15) is 17.8 Å². The Kier molecular flexibility index (Phi) is 5.98. The Morgan fingerprint density at radius 2 is 1.97 bits per heavy atom. The molecule has 3 aromatic rings. The van der Waals surface area contributed by atoms with Crippen LogP contribution in [0.2, 0.25) is 5.02 Å². The van der Waals surface area contributed by atoms with Gasteiger partial charge in [0.25, 0.3) is 0 Å². The highest BCUT2D eigenvalue weighted by Gasteiger charge is 2.18. The van der Waals surface area contributed by atoms with Gasteiger partial charge in [-0.3, -0.25) is 9.59 Å². The average molecular weight is 414 g/mol. The molecule has 0 saturated carbocycles. The summed E-state index contributed by atoms with van der Waals surface area (Å²) in [6.45, 7) is 5.28. The van der Waals surface area contributed by atoms with E-state index in [1.54, 1.807) is 44.2 Å². The zero-order valence-corrected chi connectivity index (χ0v) is 17.0. The second-order valence-corrected chi connectivity index (χ2v) is 6.99. The number of carbonyl (C=O) groups is 2. The van der Waals surface area contributed by atoms with Crippen LogP contribution in [0.25, 0.3) is 11.0 Å². The summed E-state index contributed by atoms with van der Waals surface area (Å²) >= 11 is 6.01. The maximum atomic E-state index is 12.7. The predicted molar refractivity (Wildman–Crippen MR) is 112 cm³/mol. The number of aromatic nitrogens is 2. The lowest BCUT2D eigenvalue weighted by molar-refractivity contribution is -0.116. The first-order valence-corrected chi connectivity index (χ1v) is 9.42. The zero-order chi connectivity index (χ0) is 21.1. The molecule has 0 atom stereocenters. The van der Waals surface area contributed by atoms with Crippen molar-refractivity contribution >= 4 is 40.2 Å². The number of nitrogens with zero attached hydrogens (tertiary/aromatic N) is 2. The molecule has 0 aliphatic carbocycles. The third-order valence-electron chi connectivity index (χ3n) is 4.34. The summed E-state index contributed by atoms with van der Waals surface area (Å²) in [4.78, 5) is 42.0. The Morgan fingerprint density at radius 1 is 1.21 bits per heavy atom. The first-order valence-electron chi connectivity index (χ1n) is 9.04. The molecule has 150 valence electrons. The van der Waals surface area contributed by atoms with Crippen molar-refractivity contribution in [2.45, 2.75) is 27.3 Å². The minimum absolute atomic E-state index is 0.136. The Morgan fingerprint density at radius 3 is 2.69 bits per heavy atom. The van der Waals surface area contributed by atoms with Crippen LogP contribution in [0.15, 0.2) is 41.3 Å². The molecule has 0 aliphatic heterocycles. The molecule has 0 aliphatic rings. The number of ether oxygens (including phenoxy) is 1. The maximum absolute atomic E-state index is 12.7. The number of anilines is 1. The molecule has 2 aromatic heterocycles. The van der Waals surface area contributed by atoms with E-state index in [2.05, 4.69) is 10.3 Å². The second kappa shape index (κ2) is 8.45. The van der Waals surface area contributed by atoms with Crippen LogP contribution in [0.3, 0.4) is 0 Å². The fourth-order valence-corrected chi connectivity index (χ4v) is 3.08. The van der Waals surface area contributed by atoms with E-state index >= 15 is 0 Å². The summed E-state index contributed by atoms with van der Waals surface area (Å²) in [6, 6.07) is 8.47. The van der Waals surface area contributed by atoms with E-state index in [9.17, 15) is 14.4 Å². The van der Waals surface area contributed by atoms with Crippen LogP contribution in [-0.2, 0) is 16.1 Å². The normalized spacial score (nSPS) is 10.8. The summed E-state index contributed by atoms with van der Waals surface area (Å²) in [5.41, 5.74) is 1.82. The molecule has 0 spiro atoms. The smallest absolute Gasteiger partial charge is 0.343 e. The van der Waals surface area contributed by atoms with Gasteiger partial charge >= 0.3 is 5.97 Å². The van der Waals surface area contributed by atoms with Crippen LogP contribution in [-0.4, -0.2) is 28.0 Å². The molecule has 0 saturated heterocycles. The first-order chi connectivity index (χ1) is 13.8. The molecular formula is C21H20ClN3O4. The monoisotopic (exact) mass is 413 g/mol. The lowest BCUT2D eigenvalue weighted by Gasteiger charge is -2.14. The predicted octanol–water partition coefficient (Wildman–Crippen LogP) is 3.48. The number of esters is 1. The van der Waals surface area contributed by atoms with Gasteiger partial charge in [0, 0.05) is 22.6 Å². The van der Waals surface area contributed by atoms with Gasteiger partial charge in [0.15, 0.2) is 0 Å². The van der Waals surface area contributed by atoms with Gasteiger partial charge in [-0.05, 0) is 50.6 Å². The van der Waals surface area contributed by atoms with E-state index in [0.29, 0.717) is 22.1 Å². The first kappa shape index (κ1) is 20.5. The van der Waals surface area contributed by atoms with Crippen LogP contribution >= 0.6 is 11.6 Å². The van der Waals surface area contributed by atoms with Crippen LogP contribution in [0.1, 0.15) is 28.5 Å². The van der Waals surface area contributed by atoms with Crippen molar-refractivity contribution < 1.29 is 14.3 Å². The summed E-state index contributed by atoms with van der Waals surface area (Å²) in [7, 11) is 0. The summed E-state index contributed by atoms with van der Waals surface area (Å²) in [6.07, 6.45) is 1.32. The van der Waals surface area contributed by atoms with Crippen molar-refractivity contribution in [3.8, 4) is 0 Å². The molecule has 3 rings (SSSR count). The third kappa shape index (κ3) is 4.46. The lowest BCUT2D eigenvalue weighted by Crippen LogP contribution is -2.25. The standard InChI is InChI=1S/C21H20ClN3O4/c1-4-29-21(28)16-10-25(20-15(19(16)27)8-6-13(3)23-20)11-18(26)24-17-9-14(22)7-5-12(17)2/h5-10H,4,11H2,1-3H3,(H,24,26). The molecule has 0 unspecified atom stereocenters. The number of aryl methyl sites for hydroxylation is 2. The zero-order valence-electron chi connectivity index (χ0n) is 16.3. The molecule has 8 heteroatoms. The van der Waals surface area contributed by atoms with Gasteiger partial charge in [-0.15, -0.1) is 0 Å². The molecule has 29 heavy (non-hydrogen) atoms. The Bertz CT molecular complexity index is 1170. The molecule has 2 heterocycles. The third-order valence-corrected chi connectivity index (χ3v) is 4.58. The quantitative estimate of drug-likeness (QED) is 0.646. The number of halogens is 1. The second-order valence-electron chi connectivity index (χ2n) is 6.55. The number of hydrogen-bond donors (Lipinski definition) is 1. The number of hydrogen-bond acceptors (Lipinski definition) is 5. The lowest BCUT2D eigenvalue weighted by atomic mass is 10.1. The SMILES string of the molecule is CCOC(=O)c1cn(CC(=O)Nc2cc(Cl)ccc2C)c2nc(C)ccc2c1=O. The molecule has 1 aromatic carbocycles. The number of pyridine rings is 2. The Hall–Kier alpha value is -3.19. The van der Waals surface area contributed by atoms with Gasteiger partial charge in [0.2, 0.25) is 11.3 Å².